The van der Waals surface area contributed by atoms with Gasteiger partial charge in [-0.1, -0.05) is 6.07 Å². The van der Waals surface area contributed by atoms with E-state index >= 15 is 0 Å². The molecule has 0 bridgehead atoms. The lowest BCUT2D eigenvalue weighted by Crippen LogP contribution is -2.12. The number of carbonyl (C=O) groups is 1. The molecule has 0 fully saturated rings. The summed E-state index contributed by atoms with van der Waals surface area (Å²) in [6.45, 7) is -0.163. The second kappa shape index (κ2) is 5.84. The van der Waals surface area contributed by atoms with Crippen LogP contribution >= 0.6 is 0 Å². The molecule has 116 valence electrons. The summed E-state index contributed by atoms with van der Waals surface area (Å²) in [6, 6.07) is 13.4. The second-order valence-electron chi connectivity index (χ2n) is 5.02. The average molecular weight is 310 g/mol. The zero-order valence-electron chi connectivity index (χ0n) is 12.1. The number of carboxylic acid groups (broad SMARTS) is 1. The van der Waals surface area contributed by atoms with Gasteiger partial charge in [0, 0.05) is 23.0 Å². The van der Waals surface area contributed by atoms with E-state index in [0.29, 0.717) is 33.7 Å². The van der Waals surface area contributed by atoms with Gasteiger partial charge in [-0.05, 0) is 36.4 Å². The zero-order chi connectivity index (χ0) is 16.4. The van der Waals surface area contributed by atoms with Crippen molar-refractivity contribution in [3.05, 3.63) is 58.8 Å². The molecule has 0 aliphatic carbocycles. The molecule has 0 unspecified atom stereocenters. The average Bonchev–Trinajstić information content (AvgIpc) is 2.53. The van der Waals surface area contributed by atoms with Gasteiger partial charge in [0.1, 0.15) is 17.9 Å². The third kappa shape index (κ3) is 3.01. The van der Waals surface area contributed by atoms with Crippen LogP contribution < -0.4 is 16.5 Å². The van der Waals surface area contributed by atoms with Gasteiger partial charge in [-0.25, -0.2) is 0 Å². The number of aliphatic carboxylic acids is 1. The van der Waals surface area contributed by atoms with Gasteiger partial charge in [-0.3, -0.25) is 9.59 Å². The second-order valence-corrected chi connectivity index (χ2v) is 5.02. The first-order chi connectivity index (χ1) is 11.0. The van der Waals surface area contributed by atoms with Gasteiger partial charge < -0.3 is 20.6 Å². The lowest BCUT2D eigenvalue weighted by molar-refractivity contribution is -0.134. The Hall–Kier alpha value is -3.28. The highest BCUT2D eigenvalue weighted by Gasteiger charge is 2.09. The quantitative estimate of drug-likeness (QED) is 0.639. The highest BCUT2D eigenvalue weighted by Crippen LogP contribution is 2.25. The van der Waals surface area contributed by atoms with Crippen molar-refractivity contribution >= 4 is 28.3 Å². The lowest BCUT2D eigenvalue weighted by Gasteiger charge is -2.07. The summed E-state index contributed by atoms with van der Waals surface area (Å²) >= 11 is 0. The van der Waals surface area contributed by atoms with Crippen LogP contribution in [-0.4, -0.2) is 17.6 Å². The Kier molecular flexibility index (Phi) is 3.72. The highest BCUT2D eigenvalue weighted by atomic mass is 16.4. The van der Waals surface area contributed by atoms with Crippen molar-refractivity contribution in [2.75, 3.05) is 17.6 Å². The maximum absolute atomic E-state index is 12.2. The first-order valence-electron chi connectivity index (χ1n) is 6.93. The third-order valence-electron chi connectivity index (χ3n) is 3.40. The topological polar surface area (TPSA) is 106 Å². The maximum Gasteiger partial charge on any atom is 0.322 e. The van der Waals surface area contributed by atoms with Crippen LogP contribution in [0.25, 0.3) is 22.3 Å². The van der Waals surface area contributed by atoms with E-state index in [1.54, 1.807) is 42.5 Å². The van der Waals surface area contributed by atoms with Crippen LogP contribution in [0.1, 0.15) is 0 Å². The predicted molar refractivity (Wildman–Crippen MR) is 88.5 cm³/mol. The van der Waals surface area contributed by atoms with Crippen molar-refractivity contribution < 1.29 is 14.3 Å². The van der Waals surface area contributed by atoms with E-state index in [2.05, 4.69) is 5.32 Å². The normalized spacial score (nSPS) is 10.6. The van der Waals surface area contributed by atoms with Crippen molar-refractivity contribution in [1.82, 2.24) is 0 Å². The number of fused-ring (bicyclic) bond motifs is 1. The third-order valence-corrected chi connectivity index (χ3v) is 3.40. The molecule has 3 aromatic rings. The number of anilines is 2. The molecule has 3 rings (SSSR count). The number of nitrogens with one attached hydrogen (secondary N) is 1. The molecule has 23 heavy (non-hydrogen) atoms. The minimum atomic E-state index is -0.938. The van der Waals surface area contributed by atoms with Crippen molar-refractivity contribution in [2.24, 2.45) is 0 Å². The Morgan fingerprint density at radius 3 is 2.61 bits per heavy atom. The summed E-state index contributed by atoms with van der Waals surface area (Å²) < 4.78 is 5.75. The van der Waals surface area contributed by atoms with Gasteiger partial charge in [0.2, 0.25) is 0 Å². The summed E-state index contributed by atoms with van der Waals surface area (Å²) in [6.07, 6.45) is 0. The molecule has 0 aliphatic heterocycles. The van der Waals surface area contributed by atoms with Gasteiger partial charge in [0.05, 0.1) is 5.39 Å². The van der Waals surface area contributed by atoms with E-state index < -0.39 is 5.97 Å². The summed E-state index contributed by atoms with van der Waals surface area (Å²) in [5, 5.41) is 11.8. The van der Waals surface area contributed by atoms with Crippen LogP contribution in [0.3, 0.4) is 0 Å². The largest absolute Gasteiger partial charge is 0.480 e. The van der Waals surface area contributed by atoms with E-state index in [1.165, 1.54) is 6.07 Å². The molecule has 0 saturated heterocycles. The van der Waals surface area contributed by atoms with Gasteiger partial charge in [-0.15, -0.1) is 0 Å². The lowest BCUT2D eigenvalue weighted by atomic mass is 10.1. The van der Waals surface area contributed by atoms with Crippen LogP contribution in [0.5, 0.6) is 0 Å². The fraction of sp³-hybridized carbons (Fsp3) is 0.0588. The number of benzene rings is 2. The van der Waals surface area contributed by atoms with Crippen LogP contribution in [-0.2, 0) is 4.79 Å². The number of rotatable bonds is 4. The van der Waals surface area contributed by atoms with E-state index in [4.69, 9.17) is 15.3 Å². The van der Waals surface area contributed by atoms with Crippen molar-refractivity contribution in [1.29, 1.82) is 0 Å². The number of hydrogen-bond donors (Lipinski definition) is 3. The first-order valence-corrected chi connectivity index (χ1v) is 6.93. The Morgan fingerprint density at radius 2 is 1.91 bits per heavy atom. The predicted octanol–water partition coefficient (Wildman–Crippen LogP) is 2.54. The molecular weight excluding hydrogens is 296 g/mol. The molecule has 0 radical (unpaired) electrons. The molecule has 0 aliphatic rings. The summed E-state index contributed by atoms with van der Waals surface area (Å²) in [7, 11) is 0. The van der Waals surface area contributed by atoms with E-state index in [1.807, 2.05) is 0 Å². The van der Waals surface area contributed by atoms with Crippen molar-refractivity contribution in [2.45, 2.75) is 0 Å². The van der Waals surface area contributed by atoms with Crippen LogP contribution in [0.4, 0.5) is 11.4 Å². The van der Waals surface area contributed by atoms with E-state index in [-0.39, 0.29) is 12.0 Å². The molecule has 1 aromatic heterocycles. The fourth-order valence-electron chi connectivity index (χ4n) is 2.31. The molecule has 2 aromatic carbocycles. The standard InChI is InChI=1S/C17H14N2O4/c18-12-2-1-3-14-17(12)13(20)8-15(23-14)10-4-6-11(7-5-10)19-9-16(21)22/h1-8,19H,9,18H2,(H,21,22). The molecule has 1 heterocycles. The summed E-state index contributed by atoms with van der Waals surface area (Å²) in [5.41, 5.74) is 7.81. The number of hydrogen-bond acceptors (Lipinski definition) is 5. The Balaban J connectivity index is 1.97. The molecule has 4 N–H and O–H groups in total. The number of nitrogens with two attached hydrogens (primary N) is 1. The van der Waals surface area contributed by atoms with Crippen molar-refractivity contribution in [3.63, 3.8) is 0 Å². The molecule has 0 atom stereocenters. The maximum atomic E-state index is 12.2. The molecule has 6 nitrogen and oxygen atoms in total. The SMILES string of the molecule is Nc1cccc2oc(-c3ccc(NCC(=O)O)cc3)cc(=O)c12. The Bertz CT molecular complexity index is 929. The molecule has 0 spiro atoms. The summed E-state index contributed by atoms with van der Waals surface area (Å²) in [4.78, 5) is 22.7. The van der Waals surface area contributed by atoms with Gasteiger partial charge in [0.25, 0.3) is 0 Å². The summed E-state index contributed by atoms with van der Waals surface area (Å²) in [5.74, 6) is -0.509. The minimum absolute atomic E-state index is 0.163. The number of nitrogen functional groups attached to an aromatic ring is 1. The fourth-order valence-corrected chi connectivity index (χ4v) is 2.31. The van der Waals surface area contributed by atoms with Gasteiger partial charge in [0.15, 0.2) is 5.43 Å². The number of carboxylic acids is 1. The van der Waals surface area contributed by atoms with E-state index in [0.717, 1.165) is 0 Å². The molecule has 0 amide bonds. The zero-order valence-corrected chi connectivity index (χ0v) is 12.1. The Labute approximate surface area is 131 Å². The van der Waals surface area contributed by atoms with Gasteiger partial charge >= 0.3 is 5.97 Å². The van der Waals surface area contributed by atoms with E-state index in [9.17, 15) is 9.59 Å². The smallest absolute Gasteiger partial charge is 0.322 e. The molecule has 0 saturated carbocycles. The van der Waals surface area contributed by atoms with Crippen molar-refractivity contribution in [3.8, 4) is 11.3 Å². The van der Waals surface area contributed by atoms with Crippen LogP contribution in [0.2, 0.25) is 0 Å². The molecular formula is C17H14N2O4. The van der Waals surface area contributed by atoms with Gasteiger partial charge in [-0.2, -0.15) is 0 Å². The van der Waals surface area contributed by atoms with Crippen LogP contribution in [0, 0.1) is 0 Å². The Morgan fingerprint density at radius 1 is 1.17 bits per heavy atom. The minimum Gasteiger partial charge on any atom is -0.480 e. The highest BCUT2D eigenvalue weighted by molar-refractivity contribution is 5.89. The van der Waals surface area contributed by atoms with Crippen LogP contribution in [0.15, 0.2) is 57.7 Å². The monoisotopic (exact) mass is 310 g/mol. The first kappa shape index (κ1) is 14.6. The molecule has 6 heteroatoms.